The van der Waals surface area contributed by atoms with E-state index in [0.29, 0.717) is 19.4 Å². The van der Waals surface area contributed by atoms with Crippen molar-refractivity contribution >= 4 is 11.8 Å². The molecular weight excluding hydrogens is 216 g/mol. The predicted octanol–water partition coefficient (Wildman–Crippen LogP) is 1.47. The van der Waals surface area contributed by atoms with Gasteiger partial charge in [-0.2, -0.15) is 0 Å². The Morgan fingerprint density at radius 3 is 2.41 bits per heavy atom. The molecule has 0 radical (unpaired) electrons. The van der Waals surface area contributed by atoms with Crippen LogP contribution in [-0.4, -0.2) is 34.8 Å². The second-order valence-electron chi connectivity index (χ2n) is 4.48. The predicted molar refractivity (Wildman–Crippen MR) is 67.4 cm³/mol. The summed E-state index contributed by atoms with van der Waals surface area (Å²) in [5, 5.41) is 2.88. The quantitative estimate of drug-likeness (QED) is 0.754. The number of piperazine rings is 1. The molecule has 17 heavy (non-hydrogen) atoms. The lowest BCUT2D eigenvalue weighted by molar-refractivity contribution is -0.154. The summed E-state index contributed by atoms with van der Waals surface area (Å²) in [6.45, 7) is 8.06. The summed E-state index contributed by atoms with van der Waals surface area (Å²) in [5.41, 5.74) is -0.703. The number of nitrogens with zero attached hydrogens (tertiary/aromatic N) is 1. The Kier molecular flexibility index (Phi) is 4.32. The van der Waals surface area contributed by atoms with Crippen molar-refractivity contribution in [1.29, 1.82) is 0 Å². The minimum Gasteiger partial charge on any atom is -0.340 e. The van der Waals surface area contributed by atoms with E-state index in [1.54, 1.807) is 11.8 Å². The molecule has 1 aliphatic heterocycles. The van der Waals surface area contributed by atoms with Crippen LogP contribution >= 0.6 is 0 Å². The van der Waals surface area contributed by atoms with Gasteiger partial charge < -0.3 is 10.2 Å². The van der Waals surface area contributed by atoms with Crippen LogP contribution in [0.1, 0.15) is 40.5 Å². The Morgan fingerprint density at radius 1 is 1.35 bits per heavy atom. The van der Waals surface area contributed by atoms with Crippen LogP contribution in [0.3, 0.4) is 0 Å². The number of carbonyl (C=O) groups excluding carboxylic acids is 2. The van der Waals surface area contributed by atoms with Crippen molar-refractivity contribution in [3.8, 4) is 0 Å². The molecule has 1 heterocycles. The maximum Gasteiger partial charge on any atom is 0.249 e. The highest BCUT2D eigenvalue weighted by molar-refractivity contribution is 5.99. The molecule has 0 bridgehead atoms. The topological polar surface area (TPSA) is 49.4 Å². The second-order valence-corrected chi connectivity index (χ2v) is 4.48. The normalized spacial score (nSPS) is 24.2. The molecule has 0 aromatic heterocycles. The van der Waals surface area contributed by atoms with Gasteiger partial charge in [-0.05, 0) is 26.7 Å². The molecular formula is C13H22N2O2. The third kappa shape index (κ3) is 2.35. The second kappa shape index (κ2) is 5.34. The van der Waals surface area contributed by atoms with Crippen LogP contribution in [0, 0.1) is 0 Å². The van der Waals surface area contributed by atoms with E-state index >= 15 is 0 Å². The summed E-state index contributed by atoms with van der Waals surface area (Å²) in [7, 11) is 0. The molecule has 2 amide bonds. The van der Waals surface area contributed by atoms with Crippen molar-refractivity contribution in [2.24, 2.45) is 0 Å². The molecule has 1 N–H and O–H groups in total. The van der Waals surface area contributed by atoms with Crippen LogP contribution in [0.2, 0.25) is 0 Å². The zero-order valence-corrected chi connectivity index (χ0v) is 11.1. The van der Waals surface area contributed by atoms with E-state index in [9.17, 15) is 9.59 Å². The van der Waals surface area contributed by atoms with Gasteiger partial charge in [-0.15, -0.1) is 0 Å². The molecule has 0 aromatic carbocycles. The minimum absolute atomic E-state index is 0.0349. The molecule has 1 saturated heterocycles. The Labute approximate surface area is 103 Å². The van der Waals surface area contributed by atoms with Gasteiger partial charge in [-0.1, -0.05) is 26.0 Å². The molecule has 1 rings (SSSR count). The summed E-state index contributed by atoms with van der Waals surface area (Å²) >= 11 is 0. The first-order chi connectivity index (χ1) is 8.02. The maximum atomic E-state index is 12.4. The zero-order chi connectivity index (χ0) is 13.1. The summed E-state index contributed by atoms with van der Waals surface area (Å²) in [4.78, 5) is 26.0. The van der Waals surface area contributed by atoms with E-state index < -0.39 is 5.54 Å². The lowest BCUT2D eigenvalue weighted by atomic mass is 9.87. The average molecular weight is 238 g/mol. The first kappa shape index (κ1) is 13.7. The van der Waals surface area contributed by atoms with Crippen LogP contribution in [0.4, 0.5) is 0 Å². The van der Waals surface area contributed by atoms with Crippen LogP contribution in [0.25, 0.3) is 0 Å². The lowest BCUT2D eigenvalue weighted by Gasteiger charge is -2.44. The third-order valence-corrected chi connectivity index (χ3v) is 3.62. The fraction of sp³-hybridized carbons (Fsp3) is 0.692. The highest BCUT2D eigenvalue weighted by Gasteiger charge is 2.46. The molecule has 0 saturated carbocycles. The highest BCUT2D eigenvalue weighted by Crippen LogP contribution is 2.24. The van der Waals surface area contributed by atoms with Crippen LogP contribution in [0.5, 0.6) is 0 Å². The first-order valence-electron chi connectivity index (χ1n) is 6.26. The van der Waals surface area contributed by atoms with E-state index in [-0.39, 0.29) is 17.9 Å². The maximum absolute atomic E-state index is 12.4. The van der Waals surface area contributed by atoms with E-state index in [2.05, 4.69) is 5.32 Å². The monoisotopic (exact) mass is 238 g/mol. The van der Waals surface area contributed by atoms with Gasteiger partial charge in [-0.25, -0.2) is 0 Å². The number of carbonyl (C=O) groups is 2. The van der Waals surface area contributed by atoms with Crippen molar-refractivity contribution in [2.75, 3.05) is 6.54 Å². The van der Waals surface area contributed by atoms with Crippen LogP contribution < -0.4 is 5.32 Å². The van der Waals surface area contributed by atoms with Crippen molar-refractivity contribution in [1.82, 2.24) is 10.2 Å². The Balaban J connectivity index is 3.02. The van der Waals surface area contributed by atoms with Gasteiger partial charge in [0.25, 0.3) is 0 Å². The van der Waals surface area contributed by atoms with Gasteiger partial charge in [0.2, 0.25) is 11.8 Å². The Hall–Kier alpha value is -1.32. The largest absolute Gasteiger partial charge is 0.340 e. The molecule has 0 spiro atoms. The van der Waals surface area contributed by atoms with E-state index in [1.807, 2.05) is 32.9 Å². The average Bonchev–Trinajstić information content (AvgIpc) is 2.34. The third-order valence-electron chi connectivity index (χ3n) is 3.62. The Morgan fingerprint density at radius 2 is 1.94 bits per heavy atom. The number of nitrogens with one attached hydrogen (secondary N) is 1. The molecule has 4 nitrogen and oxygen atoms in total. The minimum atomic E-state index is -0.703. The van der Waals surface area contributed by atoms with Crippen molar-refractivity contribution in [3.63, 3.8) is 0 Å². The first-order valence-corrected chi connectivity index (χ1v) is 6.26. The molecule has 1 atom stereocenters. The van der Waals surface area contributed by atoms with Gasteiger partial charge in [0, 0.05) is 6.54 Å². The zero-order valence-electron chi connectivity index (χ0n) is 11.1. The lowest BCUT2D eigenvalue weighted by Crippen LogP contribution is -2.69. The summed E-state index contributed by atoms with van der Waals surface area (Å²) in [6.07, 6.45) is 5.06. The molecule has 0 aliphatic carbocycles. The molecule has 1 unspecified atom stereocenters. The van der Waals surface area contributed by atoms with E-state index in [1.165, 1.54) is 0 Å². The Bertz CT molecular complexity index is 332. The number of allylic oxidation sites excluding steroid dienone is 1. The van der Waals surface area contributed by atoms with Crippen LogP contribution in [-0.2, 0) is 9.59 Å². The summed E-state index contributed by atoms with van der Waals surface area (Å²) in [5.74, 6) is -0.0227. The molecule has 1 fully saturated rings. The van der Waals surface area contributed by atoms with Crippen molar-refractivity contribution in [2.45, 2.75) is 52.1 Å². The molecule has 0 aromatic rings. The fourth-order valence-corrected chi connectivity index (χ4v) is 2.18. The van der Waals surface area contributed by atoms with Gasteiger partial charge in [0.1, 0.15) is 11.6 Å². The number of rotatable bonds is 4. The highest BCUT2D eigenvalue weighted by atomic mass is 16.2. The van der Waals surface area contributed by atoms with Crippen LogP contribution in [0.15, 0.2) is 12.2 Å². The van der Waals surface area contributed by atoms with Gasteiger partial charge in [0.15, 0.2) is 0 Å². The van der Waals surface area contributed by atoms with Gasteiger partial charge in [0.05, 0.1) is 0 Å². The van der Waals surface area contributed by atoms with Gasteiger partial charge >= 0.3 is 0 Å². The van der Waals surface area contributed by atoms with E-state index in [4.69, 9.17) is 0 Å². The van der Waals surface area contributed by atoms with Gasteiger partial charge in [-0.3, -0.25) is 9.59 Å². The molecule has 4 heteroatoms. The van der Waals surface area contributed by atoms with E-state index in [0.717, 1.165) is 0 Å². The van der Waals surface area contributed by atoms with Crippen molar-refractivity contribution in [3.05, 3.63) is 12.2 Å². The molecule has 1 aliphatic rings. The summed E-state index contributed by atoms with van der Waals surface area (Å²) in [6, 6.07) is -0.384. The number of hydrogen-bond donors (Lipinski definition) is 1. The van der Waals surface area contributed by atoms with Crippen molar-refractivity contribution < 1.29 is 9.59 Å². The number of amides is 2. The number of hydrogen-bond acceptors (Lipinski definition) is 2. The molecule has 96 valence electrons. The fourth-order valence-electron chi connectivity index (χ4n) is 2.18. The standard InChI is InChI=1S/C13H22N2O2/c1-5-8-9-15-10(4)11(16)14-13(6-2,7-3)12(15)17/h5,8,10H,6-7,9H2,1-4H3,(H,14,16)/b8-5+. The summed E-state index contributed by atoms with van der Waals surface area (Å²) < 4.78 is 0. The smallest absolute Gasteiger partial charge is 0.249 e. The SMILES string of the molecule is C/C=C/CN1C(=O)C(CC)(CC)NC(=O)C1C.